The maximum atomic E-state index is 9.53. The lowest BCUT2D eigenvalue weighted by molar-refractivity contribution is 0.0367. The zero-order valence-corrected chi connectivity index (χ0v) is 12.0. The summed E-state index contributed by atoms with van der Waals surface area (Å²) in [5.74, 6) is 0. The van der Waals surface area contributed by atoms with Gasteiger partial charge in [0, 0.05) is 19.7 Å². The van der Waals surface area contributed by atoms with E-state index in [2.05, 4.69) is 16.7 Å². The van der Waals surface area contributed by atoms with Crippen molar-refractivity contribution in [2.24, 2.45) is 5.41 Å². The summed E-state index contributed by atoms with van der Waals surface area (Å²) in [6.07, 6.45) is 7.70. The monoisotopic (exact) mass is 254 g/mol. The molecular formula is C15H30N2O. The van der Waals surface area contributed by atoms with E-state index >= 15 is 0 Å². The van der Waals surface area contributed by atoms with E-state index in [0.717, 1.165) is 6.42 Å². The minimum atomic E-state index is 0.238. The Morgan fingerprint density at radius 2 is 1.44 bits per heavy atom. The first-order valence-corrected chi connectivity index (χ1v) is 7.83. The van der Waals surface area contributed by atoms with Gasteiger partial charge in [0.05, 0.1) is 0 Å². The van der Waals surface area contributed by atoms with Crippen LogP contribution < -0.4 is 0 Å². The van der Waals surface area contributed by atoms with E-state index in [-0.39, 0.29) is 5.41 Å². The van der Waals surface area contributed by atoms with Gasteiger partial charge in [0.1, 0.15) is 0 Å². The topological polar surface area (TPSA) is 26.7 Å². The fourth-order valence-electron chi connectivity index (χ4n) is 3.34. The van der Waals surface area contributed by atoms with Gasteiger partial charge in [-0.15, -0.1) is 0 Å². The van der Waals surface area contributed by atoms with Crippen molar-refractivity contribution < 1.29 is 5.11 Å². The van der Waals surface area contributed by atoms with Crippen LogP contribution >= 0.6 is 0 Å². The van der Waals surface area contributed by atoms with E-state index in [1.807, 2.05) is 0 Å². The summed E-state index contributed by atoms with van der Waals surface area (Å²) in [5.41, 5.74) is 0.238. The van der Waals surface area contributed by atoms with Crippen molar-refractivity contribution in [3.63, 3.8) is 0 Å². The number of aliphatic hydroxyl groups is 1. The molecule has 2 aliphatic rings. The quantitative estimate of drug-likeness (QED) is 0.812. The number of hydrogen-bond donors (Lipinski definition) is 1. The predicted octanol–water partition coefficient (Wildman–Crippen LogP) is 1.96. The van der Waals surface area contributed by atoms with Crippen LogP contribution in [-0.4, -0.2) is 60.8 Å². The third kappa shape index (κ3) is 3.69. The maximum absolute atomic E-state index is 9.53. The molecule has 2 aliphatic heterocycles. The molecule has 18 heavy (non-hydrogen) atoms. The summed E-state index contributed by atoms with van der Waals surface area (Å²) in [5, 5.41) is 9.53. The van der Waals surface area contributed by atoms with Gasteiger partial charge in [0.15, 0.2) is 0 Å². The molecule has 0 aromatic rings. The lowest BCUT2D eigenvalue weighted by Gasteiger charge is -2.41. The van der Waals surface area contributed by atoms with Crippen LogP contribution in [0.15, 0.2) is 0 Å². The average molecular weight is 254 g/mol. The van der Waals surface area contributed by atoms with Crippen LogP contribution in [0, 0.1) is 5.41 Å². The molecule has 0 atom stereocenters. The van der Waals surface area contributed by atoms with Crippen LogP contribution in [0.3, 0.4) is 0 Å². The van der Waals surface area contributed by atoms with E-state index in [1.165, 1.54) is 71.4 Å². The number of aliphatic hydroxyl groups excluding tert-OH is 1. The van der Waals surface area contributed by atoms with Crippen LogP contribution in [0.4, 0.5) is 0 Å². The fourth-order valence-corrected chi connectivity index (χ4v) is 3.34. The maximum Gasteiger partial charge on any atom is 0.0488 e. The predicted molar refractivity (Wildman–Crippen MR) is 75.8 cm³/mol. The van der Waals surface area contributed by atoms with E-state index < -0.39 is 0 Å². The molecule has 0 aliphatic carbocycles. The third-order valence-electron chi connectivity index (χ3n) is 5.18. The Morgan fingerprint density at radius 1 is 0.889 bits per heavy atom. The molecule has 106 valence electrons. The zero-order valence-electron chi connectivity index (χ0n) is 12.0. The minimum absolute atomic E-state index is 0.238. The molecule has 0 radical (unpaired) electrons. The van der Waals surface area contributed by atoms with Crippen molar-refractivity contribution in [2.75, 3.05) is 45.9 Å². The molecule has 3 nitrogen and oxygen atoms in total. The number of rotatable bonds is 5. The smallest absolute Gasteiger partial charge is 0.0488 e. The minimum Gasteiger partial charge on any atom is -0.396 e. The lowest BCUT2D eigenvalue weighted by atomic mass is 9.77. The third-order valence-corrected chi connectivity index (χ3v) is 5.18. The second-order valence-corrected chi connectivity index (χ2v) is 6.26. The van der Waals surface area contributed by atoms with Gasteiger partial charge in [-0.2, -0.15) is 0 Å². The highest BCUT2D eigenvalue weighted by atomic mass is 16.3. The number of nitrogens with zero attached hydrogens (tertiary/aromatic N) is 2. The second-order valence-electron chi connectivity index (χ2n) is 6.26. The van der Waals surface area contributed by atoms with Crippen LogP contribution in [0.5, 0.6) is 0 Å². The largest absolute Gasteiger partial charge is 0.396 e. The molecule has 3 heteroatoms. The van der Waals surface area contributed by atoms with Gasteiger partial charge < -0.3 is 14.9 Å². The van der Waals surface area contributed by atoms with Gasteiger partial charge in [0.25, 0.3) is 0 Å². The Labute approximate surface area is 112 Å². The molecule has 0 aromatic carbocycles. The van der Waals surface area contributed by atoms with Crippen molar-refractivity contribution in [1.29, 1.82) is 0 Å². The van der Waals surface area contributed by atoms with Crippen molar-refractivity contribution in [1.82, 2.24) is 9.80 Å². The number of hydrogen-bond acceptors (Lipinski definition) is 3. The Balaban J connectivity index is 1.66. The van der Waals surface area contributed by atoms with E-state index in [9.17, 15) is 5.11 Å². The summed E-state index contributed by atoms with van der Waals surface area (Å²) in [4.78, 5) is 5.22. The number of likely N-dealkylation sites (tertiary alicyclic amines) is 2. The van der Waals surface area contributed by atoms with E-state index in [0.29, 0.717) is 6.61 Å². The van der Waals surface area contributed by atoms with Crippen LogP contribution in [0.1, 0.15) is 45.4 Å². The van der Waals surface area contributed by atoms with Crippen LogP contribution in [0.25, 0.3) is 0 Å². The standard InChI is InChI=1S/C15H30N2O/c1-2-15(14-18)6-10-17(11-7-15)13-12-16-8-4-3-5-9-16/h18H,2-14H2,1H3. The van der Waals surface area contributed by atoms with Crippen molar-refractivity contribution in [3.05, 3.63) is 0 Å². The van der Waals surface area contributed by atoms with Crippen molar-refractivity contribution >= 4 is 0 Å². The molecule has 2 fully saturated rings. The first-order valence-electron chi connectivity index (χ1n) is 7.83. The summed E-state index contributed by atoms with van der Waals surface area (Å²) < 4.78 is 0. The Kier molecular flexibility index (Phi) is 5.46. The lowest BCUT2D eigenvalue weighted by Crippen LogP contribution is -2.45. The molecule has 0 aromatic heterocycles. The molecule has 0 bridgehead atoms. The summed E-state index contributed by atoms with van der Waals surface area (Å²) in [7, 11) is 0. The zero-order chi connectivity index (χ0) is 12.8. The molecule has 2 rings (SSSR count). The van der Waals surface area contributed by atoms with Gasteiger partial charge in [-0.25, -0.2) is 0 Å². The van der Waals surface area contributed by atoms with Crippen LogP contribution in [-0.2, 0) is 0 Å². The van der Waals surface area contributed by atoms with Crippen molar-refractivity contribution in [3.8, 4) is 0 Å². The molecule has 0 unspecified atom stereocenters. The summed E-state index contributed by atoms with van der Waals surface area (Å²) in [6.45, 7) is 10.1. The van der Waals surface area contributed by atoms with E-state index in [4.69, 9.17) is 0 Å². The fraction of sp³-hybridized carbons (Fsp3) is 1.00. The molecule has 0 spiro atoms. The molecule has 1 N–H and O–H groups in total. The molecular weight excluding hydrogens is 224 g/mol. The molecule has 2 heterocycles. The Morgan fingerprint density at radius 3 is 1.94 bits per heavy atom. The van der Waals surface area contributed by atoms with Crippen LogP contribution in [0.2, 0.25) is 0 Å². The van der Waals surface area contributed by atoms with Gasteiger partial charge in [-0.05, 0) is 63.7 Å². The first kappa shape index (κ1) is 14.3. The van der Waals surface area contributed by atoms with Gasteiger partial charge in [-0.1, -0.05) is 13.3 Å². The molecule has 0 amide bonds. The average Bonchev–Trinajstić information content (AvgIpc) is 2.47. The van der Waals surface area contributed by atoms with Crippen molar-refractivity contribution in [2.45, 2.75) is 45.4 Å². The van der Waals surface area contributed by atoms with Gasteiger partial charge >= 0.3 is 0 Å². The highest BCUT2D eigenvalue weighted by Gasteiger charge is 2.32. The summed E-state index contributed by atoms with van der Waals surface area (Å²) >= 11 is 0. The molecule has 2 saturated heterocycles. The Bertz CT molecular complexity index is 225. The first-order chi connectivity index (χ1) is 8.78. The van der Waals surface area contributed by atoms with Gasteiger partial charge in [-0.3, -0.25) is 0 Å². The highest BCUT2D eigenvalue weighted by molar-refractivity contribution is 4.84. The SMILES string of the molecule is CCC1(CO)CCN(CCN2CCCCC2)CC1. The normalized spacial score (nSPS) is 26.3. The van der Waals surface area contributed by atoms with E-state index in [1.54, 1.807) is 0 Å². The van der Waals surface area contributed by atoms with Gasteiger partial charge in [0.2, 0.25) is 0 Å². The molecule has 0 saturated carbocycles. The number of piperidine rings is 2. The summed E-state index contributed by atoms with van der Waals surface area (Å²) in [6, 6.07) is 0. The second kappa shape index (κ2) is 6.88. The Hall–Kier alpha value is -0.120. The highest BCUT2D eigenvalue weighted by Crippen LogP contribution is 2.33.